The Bertz CT molecular complexity index is 471. The van der Waals surface area contributed by atoms with Crippen molar-refractivity contribution in [2.75, 3.05) is 0 Å². The highest BCUT2D eigenvalue weighted by Gasteiger charge is 2.07. The largest absolute Gasteiger partial charge is 0.484 e. The summed E-state index contributed by atoms with van der Waals surface area (Å²) in [6, 6.07) is 9.58. The lowest BCUT2D eigenvalue weighted by Crippen LogP contribution is -1.95. The molecule has 18 heavy (non-hydrogen) atoms. The Kier molecular flexibility index (Phi) is 4.64. The Morgan fingerprint density at radius 1 is 1.17 bits per heavy atom. The van der Waals surface area contributed by atoms with E-state index in [1.54, 1.807) is 11.8 Å². The second-order valence-electron chi connectivity index (χ2n) is 4.05. The first-order valence-electron chi connectivity index (χ1n) is 5.85. The van der Waals surface area contributed by atoms with Gasteiger partial charge >= 0.3 is 0 Å². The third kappa shape index (κ3) is 4.07. The lowest BCUT2D eigenvalue weighted by Gasteiger charge is -2.02. The maximum atomic E-state index is 5.53. The van der Waals surface area contributed by atoms with Gasteiger partial charge in [0.1, 0.15) is 5.75 Å². The molecule has 2 aromatic rings. The number of hydrogen-bond acceptors (Lipinski definition) is 5. The van der Waals surface area contributed by atoms with Crippen molar-refractivity contribution in [2.24, 2.45) is 0 Å². The van der Waals surface area contributed by atoms with Gasteiger partial charge in [-0.25, -0.2) is 0 Å². The predicted octanol–water partition coefficient (Wildman–Crippen LogP) is 3.29. The van der Waals surface area contributed by atoms with Crippen LogP contribution in [0.1, 0.15) is 25.6 Å². The summed E-state index contributed by atoms with van der Waals surface area (Å²) in [5.74, 6) is 2.71. The summed E-state index contributed by atoms with van der Waals surface area (Å²) in [4.78, 5) is 0. The van der Waals surface area contributed by atoms with Crippen LogP contribution in [0.4, 0.5) is 0 Å². The van der Waals surface area contributed by atoms with Crippen LogP contribution < -0.4 is 4.74 Å². The van der Waals surface area contributed by atoms with Crippen molar-refractivity contribution >= 4 is 11.8 Å². The Morgan fingerprint density at radius 3 is 2.61 bits per heavy atom. The second kappa shape index (κ2) is 6.44. The van der Waals surface area contributed by atoms with Gasteiger partial charge in [-0.05, 0) is 17.4 Å². The summed E-state index contributed by atoms with van der Waals surface area (Å²) in [7, 11) is 0. The van der Waals surface area contributed by atoms with Crippen LogP contribution >= 0.6 is 11.8 Å². The molecule has 0 aliphatic heterocycles. The highest BCUT2D eigenvalue weighted by molar-refractivity contribution is 7.99. The molecule has 5 heteroatoms. The highest BCUT2D eigenvalue weighted by atomic mass is 32.2. The fourth-order valence-electron chi connectivity index (χ4n) is 1.30. The smallest absolute Gasteiger partial charge is 0.253 e. The fraction of sp³-hybridized carbons (Fsp3) is 0.385. The van der Waals surface area contributed by atoms with Gasteiger partial charge in [-0.1, -0.05) is 32.0 Å². The third-order valence-electron chi connectivity index (χ3n) is 2.15. The number of benzene rings is 1. The maximum absolute atomic E-state index is 5.53. The quantitative estimate of drug-likeness (QED) is 0.801. The minimum absolute atomic E-state index is 0.309. The standard InChI is InChI=1S/C13H16N2O2S/c1-10(2)18-9-13-15-14-12(17-13)8-16-11-6-4-3-5-7-11/h3-7,10H,8-9H2,1-2H3. The first-order valence-corrected chi connectivity index (χ1v) is 6.89. The van der Waals surface area contributed by atoms with E-state index in [0.717, 1.165) is 11.5 Å². The van der Waals surface area contributed by atoms with Crippen molar-refractivity contribution in [1.82, 2.24) is 10.2 Å². The van der Waals surface area contributed by atoms with Crippen LogP contribution in [0.2, 0.25) is 0 Å². The number of ether oxygens (including phenoxy) is 1. The van der Waals surface area contributed by atoms with E-state index in [-0.39, 0.29) is 0 Å². The molecule has 2 rings (SSSR count). The summed E-state index contributed by atoms with van der Waals surface area (Å²) in [5, 5.41) is 8.49. The van der Waals surface area contributed by atoms with E-state index in [9.17, 15) is 0 Å². The summed E-state index contributed by atoms with van der Waals surface area (Å²) in [6.07, 6.45) is 0. The van der Waals surface area contributed by atoms with Gasteiger partial charge in [-0.15, -0.1) is 22.0 Å². The summed E-state index contributed by atoms with van der Waals surface area (Å²) >= 11 is 1.78. The zero-order valence-corrected chi connectivity index (χ0v) is 11.3. The van der Waals surface area contributed by atoms with E-state index in [1.807, 2.05) is 30.3 Å². The van der Waals surface area contributed by atoms with Crippen LogP contribution in [0.15, 0.2) is 34.7 Å². The Labute approximate surface area is 111 Å². The van der Waals surface area contributed by atoms with Crippen LogP contribution in [0.3, 0.4) is 0 Å². The Balaban J connectivity index is 1.83. The minimum Gasteiger partial charge on any atom is -0.484 e. The lowest BCUT2D eigenvalue weighted by molar-refractivity contribution is 0.260. The molecule has 0 radical (unpaired) electrons. The number of aromatic nitrogens is 2. The molecule has 0 aliphatic rings. The van der Waals surface area contributed by atoms with E-state index in [2.05, 4.69) is 24.0 Å². The normalized spacial score (nSPS) is 10.8. The van der Waals surface area contributed by atoms with Gasteiger partial charge < -0.3 is 9.15 Å². The van der Waals surface area contributed by atoms with Crippen LogP contribution in [-0.4, -0.2) is 15.4 Å². The highest BCUT2D eigenvalue weighted by Crippen LogP contribution is 2.17. The molecule has 1 heterocycles. The fourth-order valence-corrected chi connectivity index (χ4v) is 1.90. The summed E-state index contributed by atoms with van der Waals surface area (Å²) in [5.41, 5.74) is 0. The number of thioether (sulfide) groups is 1. The van der Waals surface area contributed by atoms with Gasteiger partial charge in [0.15, 0.2) is 6.61 Å². The molecule has 0 bridgehead atoms. The monoisotopic (exact) mass is 264 g/mol. The molecule has 0 N–H and O–H groups in total. The number of rotatable bonds is 6. The average molecular weight is 264 g/mol. The van der Waals surface area contributed by atoms with Crippen LogP contribution in [0.25, 0.3) is 0 Å². The van der Waals surface area contributed by atoms with Crippen molar-refractivity contribution in [3.8, 4) is 5.75 Å². The Morgan fingerprint density at radius 2 is 1.89 bits per heavy atom. The molecule has 0 aliphatic carbocycles. The van der Waals surface area contributed by atoms with E-state index in [0.29, 0.717) is 23.6 Å². The van der Waals surface area contributed by atoms with Crippen molar-refractivity contribution in [3.05, 3.63) is 42.1 Å². The molecule has 0 saturated carbocycles. The van der Waals surface area contributed by atoms with Crippen LogP contribution in [-0.2, 0) is 12.4 Å². The molecule has 0 atom stereocenters. The number of para-hydroxylation sites is 1. The average Bonchev–Trinajstić information content (AvgIpc) is 2.83. The predicted molar refractivity (Wildman–Crippen MR) is 71.5 cm³/mol. The second-order valence-corrected chi connectivity index (χ2v) is 5.62. The van der Waals surface area contributed by atoms with Gasteiger partial charge in [0, 0.05) is 0 Å². The Hall–Kier alpha value is -1.49. The van der Waals surface area contributed by atoms with E-state index >= 15 is 0 Å². The topological polar surface area (TPSA) is 48.2 Å². The van der Waals surface area contributed by atoms with Gasteiger partial charge in [0.2, 0.25) is 5.89 Å². The molecule has 96 valence electrons. The molecular formula is C13H16N2O2S. The van der Waals surface area contributed by atoms with E-state index in [4.69, 9.17) is 9.15 Å². The van der Waals surface area contributed by atoms with Crippen molar-refractivity contribution in [2.45, 2.75) is 31.5 Å². The molecular weight excluding hydrogens is 248 g/mol. The SMILES string of the molecule is CC(C)SCc1nnc(COc2ccccc2)o1. The molecule has 0 spiro atoms. The van der Waals surface area contributed by atoms with Gasteiger partial charge in [0.05, 0.1) is 5.75 Å². The number of hydrogen-bond donors (Lipinski definition) is 0. The summed E-state index contributed by atoms with van der Waals surface area (Å²) in [6.45, 7) is 4.59. The first kappa shape index (κ1) is 13.0. The van der Waals surface area contributed by atoms with Crippen molar-refractivity contribution < 1.29 is 9.15 Å². The van der Waals surface area contributed by atoms with Crippen LogP contribution in [0.5, 0.6) is 5.75 Å². The van der Waals surface area contributed by atoms with E-state index in [1.165, 1.54) is 0 Å². The molecule has 4 nitrogen and oxygen atoms in total. The van der Waals surface area contributed by atoms with Gasteiger partial charge in [-0.2, -0.15) is 0 Å². The van der Waals surface area contributed by atoms with Crippen molar-refractivity contribution in [3.63, 3.8) is 0 Å². The van der Waals surface area contributed by atoms with Crippen molar-refractivity contribution in [1.29, 1.82) is 0 Å². The minimum atomic E-state index is 0.309. The third-order valence-corrected chi connectivity index (χ3v) is 3.23. The van der Waals surface area contributed by atoms with Gasteiger partial charge in [-0.3, -0.25) is 0 Å². The maximum Gasteiger partial charge on any atom is 0.253 e. The molecule has 0 fully saturated rings. The zero-order valence-electron chi connectivity index (χ0n) is 10.5. The molecule has 0 saturated heterocycles. The molecule has 0 amide bonds. The zero-order chi connectivity index (χ0) is 12.8. The number of nitrogens with zero attached hydrogens (tertiary/aromatic N) is 2. The van der Waals surface area contributed by atoms with Gasteiger partial charge in [0.25, 0.3) is 5.89 Å². The summed E-state index contributed by atoms with van der Waals surface area (Å²) < 4.78 is 11.0. The molecule has 0 unspecified atom stereocenters. The molecule has 1 aromatic heterocycles. The van der Waals surface area contributed by atoms with Crippen LogP contribution in [0, 0.1) is 0 Å². The first-order chi connectivity index (χ1) is 8.74. The molecule has 1 aromatic carbocycles. The lowest BCUT2D eigenvalue weighted by atomic mass is 10.3. The van der Waals surface area contributed by atoms with E-state index < -0.39 is 0 Å².